The summed E-state index contributed by atoms with van der Waals surface area (Å²) in [5.74, 6) is 1.27. The molecular weight excluding hydrogens is 389 g/mol. The van der Waals surface area contributed by atoms with Crippen LogP contribution in [0.5, 0.6) is 5.75 Å². The lowest BCUT2D eigenvalue weighted by atomic mass is 10.1. The van der Waals surface area contributed by atoms with Gasteiger partial charge < -0.3 is 14.4 Å². The summed E-state index contributed by atoms with van der Waals surface area (Å²) in [5, 5.41) is 12.9. The van der Waals surface area contributed by atoms with Crippen LogP contribution >= 0.6 is 0 Å². The Bertz CT molecular complexity index is 1010. The van der Waals surface area contributed by atoms with Gasteiger partial charge in [-0.3, -0.25) is 4.98 Å². The molecule has 1 N–H and O–H groups in total. The maximum atomic E-state index is 12.8. The van der Waals surface area contributed by atoms with Crippen LogP contribution in [0.15, 0.2) is 24.8 Å². The van der Waals surface area contributed by atoms with Gasteiger partial charge in [0.1, 0.15) is 36.7 Å². The number of hydrogen-bond donors (Lipinski definition) is 1. The van der Waals surface area contributed by atoms with Gasteiger partial charge in [0.2, 0.25) is 0 Å². The number of pyridine rings is 1. The molecule has 3 aromatic heterocycles. The highest BCUT2D eigenvalue weighted by molar-refractivity contribution is 5.67. The number of alkyl halides is 3. The van der Waals surface area contributed by atoms with Gasteiger partial charge in [-0.05, 0) is 12.3 Å². The Hall–Kier alpha value is -2.95. The van der Waals surface area contributed by atoms with Crippen molar-refractivity contribution >= 4 is 0 Å². The highest BCUT2D eigenvalue weighted by atomic mass is 19.4. The fraction of sp³-hybridized carbons (Fsp3) is 0.444. The summed E-state index contributed by atoms with van der Waals surface area (Å²) in [5.41, 5.74) is 1.74. The molecule has 0 fully saturated rings. The average molecular weight is 408 g/mol. The quantitative estimate of drug-likeness (QED) is 0.697. The Labute approximate surface area is 164 Å². The first-order valence-electron chi connectivity index (χ1n) is 9.09. The van der Waals surface area contributed by atoms with Gasteiger partial charge in [-0.2, -0.15) is 18.3 Å². The van der Waals surface area contributed by atoms with Gasteiger partial charge in [0, 0.05) is 30.8 Å². The standard InChI is InChI=1S/C18H19F3N6O2/c1-11(8-28)4-12-5-15-13(6-22-12)16-25-14(7-26(16)2-3-29-15)17-23-10-24-27(17)9-18(19,20)21/h5-7,10-11,28H,2-4,8-9H2,1H3. The largest absolute Gasteiger partial charge is 0.491 e. The first-order valence-corrected chi connectivity index (χ1v) is 9.09. The van der Waals surface area contributed by atoms with Gasteiger partial charge in [-0.25, -0.2) is 14.6 Å². The second kappa shape index (κ2) is 7.47. The van der Waals surface area contributed by atoms with Gasteiger partial charge >= 0.3 is 6.18 Å². The van der Waals surface area contributed by atoms with Crippen LogP contribution in [0.3, 0.4) is 0 Å². The van der Waals surface area contributed by atoms with Crippen molar-refractivity contribution in [3.8, 4) is 28.7 Å². The van der Waals surface area contributed by atoms with Crippen molar-refractivity contribution in [1.82, 2.24) is 29.3 Å². The number of hydrogen-bond acceptors (Lipinski definition) is 6. The molecule has 1 atom stereocenters. The zero-order chi connectivity index (χ0) is 20.6. The van der Waals surface area contributed by atoms with Gasteiger partial charge in [0.25, 0.3) is 0 Å². The zero-order valence-corrected chi connectivity index (χ0v) is 15.6. The molecule has 0 saturated heterocycles. The van der Waals surface area contributed by atoms with Crippen molar-refractivity contribution in [3.63, 3.8) is 0 Å². The third-order valence-corrected chi connectivity index (χ3v) is 4.57. The molecule has 0 bridgehead atoms. The van der Waals surface area contributed by atoms with E-state index in [1.807, 2.05) is 17.6 Å². The maximum absolute atomic E-state index is 12.8. The van der Waals surface area contributed by atoms with E-state index < -0.39 is 12.7 Å². The predicted molar refractivity (Wildman–Crippen MR) is 96.0 cm³/mol. The summed E-state index contributed by atoms with van der Waals surface area (Å²) in [4.78, 5) is 12.9. The maximum Gasteiger partial charge on any atom is 0.408 e. The molecule has 4 heterocycles. The first kappa shape index (κ1) is 19.4. The fourth-order valence-electron chi connectivity index (χ4n) is 3.21. The van der Waals surface area contributed by atoms with Crippen LogP contribution in [0, 0.1) is 5.92 Å². The Balaban J connectivity index is 1.70. The molecule has 1 aliphatic rings. The molecule has 0 amide bonds. The van der Waals surface area contributed by atoms with Crippen molar-refractivity contribution < 1.29 is 23.0 Å². The minimum absolute atomic E-state index is 0.0479. The minimum atomic E-state index is -4.41. The van der Waals surface area contributed by atoms with Crippen LogP contribution in [0.4, 0.5) is 13.2 Å². The number of imidazole rings is 1. The highest BCUT2D eigenvalue weighted by Crippen LogP contribution is 2.34. The van der Waals surface area contributed by atoms with E-state index in [0.29, 0.717) is 42.4 Å². The molecule has 0 radical (unpaired) electrons. The van der Waals surface area contributed by atoms with E-state index in [-0.39, 0.29) is 18.3 Å². The molecule has 1 aliphatic heterocycles. The number of aromatic nitrogens is 6. The summed E-state index contributed by atoms with van der Waals surface area (Å²) in [6.07, 6.45) is 0.563. The monoisotopic (exact) mass is 408 g/mol. The van der Waals surface area contributed by atoms with Crippen LogP contribution in [0.25, 0.3) is 22.9 Å². The van der Waals surface area contributed by atoms with Crippen molar-refractivity contribution in [2.24, 2.45) is 5.92 Å². The Kier molecular flexibility index (Phi) is 4.99. The molecule has 0 saturated carbocycles. The summed E-state index contributed by atoms with van der Waals surface area (Å²) >= 11 is 0. The molecular formula is C18H19F3N6O2. The number of nitrogens with zero attached hydrogens (tertiary/aromatic N) is 6. The van der Waals surface area contributed by atoms with Crippen LogP contribution in [-0.2, 0) is 19.5 Å². The van der Waals surface area contributed by atoms with E-state index in [1.54, 1.807) is 12.4 Å². The van der Waals surface area contributed by atoms with Crippen LogP contribution in [0.1, 0.15) is 12.6 Å². The van der Waals surface area contributed by atoms with E-state index >= 15 is 0 Å². The van der Waals surface area contributed by atoms with Crippen LogP contribution < -0.4 is 4.74 Å². The zero-order valence-electron chi connectivity index (χ0n) is 15.6. The Morgan fingerprint density at radius 3 is 2.86 bits per heavy atom. The van der Waals surface area contributed by atoms with Gasteiger partial charge in [0.05, 0.1) is 12.1 Å². The van der Waals surface area contributed by atoms with Gasteiger partial charge in [-0.1, -0.05) is 6.92 Å². The van der Waals surface area contributed by atoms with Crippen LogP contribution in [0.2, 0.25) is 0 Å². The summed E-state index contributed by atoms with van der Waals surface area (Å²) in [6, 6.07) is 1.82. The lowest BCUT2D eigenvalue weighted by Gasteiger charge is -2.11. The molecule has 0 aromatic carbocycles. The number of aliphatic hydroxyl groups excluding tert-OH is 1. The number of ether oxygens (including phenoxy) is 1. The fourth-order valence-corrected chi connectivity index (χ4v) is 3.21. The number of fused-ring (bicyclic) bond motifs is 3. The van der Waals surface area contributed by atoms with E-state index in [2.05, 4.69) is 20.1 Å². The van der Waals surface area contributed by atoms with Crippen molar-refractivity contribution in [3.05, 3.63) is 30.5 Å². The summed E-state index contributed by atoms with van der Waals surface area (Å²) < 4.78 is 46.8. The van der Waals surface area contributed by atoms with E-state index in [1.165, 1.54) is 0 Å². The third kappa shape index (κ3) is 4.09. The normalized spacial score (nSPS) is 14.7. The third-order valence-electron chi connectivity index (χ3n) is 4.57. The number of rotatable bonds is 5. The predicted octanol–water partition coefficient (Wildman–Crippen LogP) is 2.33. The van der Waals surface area contributed by atoms with Gasteiger partial charge in [-0.15, -0.1) is 0 Å². The highest BCUT2D eigenvalue weighted by Gasteiger charge is 2.31. The second-order valence-electron chi connectivity index (χ2n) is 7.01. The Morgan fingerprint density at radius 1 is 1.28 bits per heavy atom. The van der Waals surface area contributed by atoms with Crippen molar-refractivity contribution in [2.45, 2.75) is 32.6 Å². The molecule has 4 rings (SSSR count). The summed E-state index contributed by atoms with van der Waals surface area (Å²) in [6.45, 7) is 1.60. The topological polar surface area (TPSA) is 90.9 Å². The average Bonchev–Trinajstić information content (AvgIpc) is 3.23. The van der Waals surface area contributed by atoms with Crippen LogP contribution in [-0.4, -0.2) is 53.8 Å². The molecule has 8 nitrogen and oxygen atoms in total. The van der Waals surface area contributed by atoms with Crippen molar-refractivity contribution in [1.29, 1.82) is 0 Å². The molecule has 154 valence electrons. The van der Waals surface area contributed by atoms with Gasteiger partial charge in [0.15, 0.2) is 5.82 Å². The van der Waals surface area contributed by atoms with Crippen molar-refractivity contribution in [2.75, 3.05) is 13.2 Å². The molecule has 1 unspecified atom stereocenters. The molecule has 0 aliphatic carbocycles. The van der Waals surface area contributed by atoms with E-state index in [0.717, 1.165) is 16.7 Å². The SMILES string of the molecule is CC(CO)Cc1cc2c(cn1)-c1nc(-c3ncnn3CC(F)(F)F)cn1CCO2. The van der Waals surface area contributed by atoms with E-state index in [4.69, 9.17) is 4.74 Å². The Morgan fingerprint density at radius 2 is 2.10 bits per heavy atom. The molecule has 3 aromatic rings. The number of halogens is 3. The molecule has 11 heteroatoms. The second-order valence-corrected chi connectivity index (χ2v) is 7.01. The lowest BCUT2D eigenvalue weighted by molar-refractivity contribution is -0.142. The molecule has 0 spiro atoms. The minimum Gasteiger partial charge on any atom is -0.491 e. The number of aliphatic hydroxyl groups is 1. The molecule has 29 heavy (non-hydrogen) atoms. The smallest absolute Gasteiger partial charge is 0.408 e. The lowest BCUT2D eigenvalue weighted by Crippen LogP contribution is -2.19. The van der Waals surface area contributed by atoms with E-state index in [9.17, 15) is 18.3 Å². The first-order chi connectivity index (χ1) is 13.8. The summed E-state index contributed by atoms with van der Waals surface area (Å²) in [7, 11) is 0.